The van der Waals surface area contributed by atoms with Crippen LogP contribution in [0.3, 0.4) is 0 Å². The third-order valence-electron chi connectivity index (χ3n) is 4.33. The second-order valence-corrected chi connectivity index (χ2v) is 5.99. The summed E-state index contributed by atoms with van der Waals surface area (Å²) < 4.78 is 1.76. The number of nitrogens with one attached hydrogen (secondary N) is 1. The van der Waals surface area contributed by atoms with Crippen molar-refractivity contribution in [3.63, 3.8) is 0 Å². The molecule has 1 aliphatic heterocycles. The van der Waals surface area contributed by atoms with Gasteiger partial charge in [0.2, 0.25) is 0 Å². The van der Waals surface area contributed by atoms with Gasteiger partial charge in [0.1, 0.15) is 0 Å². The van der Waals surface area contributed by atoms with Crippen LogP contribution in [0.4, 0.5) is 0 Å². The molecule has 1 fully saturated rings. The molecule has 0 atom stereocenters. The summed E-state index contributed by atoms with van der Waals surface area (Å²) in [6.45, 7) is 4.90. The van der Waals surface area contributed by atoms with Crippen molar-refractivity contribution in [2.75, 3.05) is 19.6 Å². The quantitative estimate of drug-likeness (QED) is 0.903. The number of para-hydroxylation sites is 1. The van der Waals surface area contributed by atoms with E-state index in [1.54, 1.807) is 10.9 Å². The standard InChI is InChI=1S/C18H24N4O.ClH/c1-2-12-21(16-8-10-19-11-9-16)18(23)15-13-20-22(14-15)17-6-4-3-5-7-17;/h3-7,13-14,16,19H,2,8-12H2,1H3;1H. The van der Waals surface area contributed by atoms with E-state index in [9.17, 15) is 4.79 Å². The van der Waals surface area contributed by atoms with Gasteiger partial charge in [0.25, 0.3) is 5.91 Å². The third kappa shape index (κ3) is 4.16. The van der Waals surface area contributed by atoms with E-state index < -0.39 is 0 Å². The largest absolute Gasteiger partial charge is 0.335 e. The molecule has 5 nitrogen and oxygen atoms in total. The first-order valence-corrected chi connectivity index (χ1v) is 8.41. The first-order valence-electron chi connectivity index (χ1n) is 8.41. The van der Waals surface area contributed by atoms with Crippen LogP contribution in [-0.2, 0) is 0 Å². The van der Waals surface area contributed by atoms with Crippen molar-refractivity contribution >= 4 is 18.3 Å². The SMILES string of the molecule is CCCN(C(=O)c1cnn(-c2ccccc2)c1)C1CCNCC1.Cl. The van der Waals surface area contributed by atoms with Gasteiger partial charge in [0.15, 0.2) is 0 Å². The van der Waals surface area contributed by atoms with Crippen molar-refractivity contribution in [1.29, 1.82) is 0 Å². The Labute approximate surface area is 149 Å². The lowest BCUT2D eigenvalue weighted by Crippen LogP contribution is -2.46. The van der Waals surface area contributed by atoms with Gasteiger partial charge in [-0.15, -0.1) is 12.4 Å². The number of aromatic nitrogens is 2. The van der Waals surface area contributed by atoms with Crippen LogP contribution >= 0.6 is 12.4 Å². The average molecular weight is 349 g/mol. The van der Waals surface area contributed by atoms with E-state index in [1.165, 1.54) is 0 Å². The molecule has 2 heterocycles. The van der Waals surface area contributed by atoms with Gasteiger partial charge in [0.05, 0.1) is 17.4 Å². The van der Waals surface area contributed by atoms with E-state index in [4.69, 9.17) is 0 Å². The number of amides is 1. The van der Waals surface area contributed by atoms with Crippen LogP contribution in [-0.4, -0.2) is 46.3 Å². The summed E-state index contributed by atoms with van der Waals surface area (Å²) in [5.74, 6) is 0.0981. The molecule has 2 aromatic rings. The second kappa shape index (κ2) is 8.85. The Balaban J connectivity index is 0.00000208. The molecule has 130 valence electrons. The molecule has 6 heteroatoms. The summed E-state index contributed by atoms with van der Waals surface area (Å²) in [6, 6.07) is 10.2. The molecule has 1 aliphatic rings. The maximum Gasteiger partial charge on any atom is 0.257 e. The number of hydrogen-bond acceptors (Lipinski definition) is 3. The Morgan fingerprint density at radius 3 is 2.67 bits per heavy atom. The molecule has 0 radical (unpaired) electrons. The van der Waals surface area contributed by atoms with Crippen molar-refractivity contribution in [3.05, 3.63) is 48.3 Å². The highest BCUT2D eigenvalue weighted by molar-refractivity contribution is 5.94. The molecule has 24 heavy (non-hydrogen) atoms. The minimum absolute atomic E-state index is 0. The summed E-state index contributed by atoms with van der Waals surface area (Å²) >= 11 is 0. The lowest BCUT2D eigenvalue weighted by molar-refractivity contribution is 0.0642. The molecule has 1 N–H and O–H groups in total. The van der Waals surface area contributed by atoms with E-state index in [2.05, 4.69) is 17.3 Å². The van der Waals surface area contributed by atoms with Crippen LogP contribution in [0.1, 0.15) is 36.5 Å². The van der Waals surface area contributed by atoms with Crippen molar-refractivity contribution in [2.24, 2.45) is 0 Å². The zero-order valence-corrected chi connectivity index (χ0v) is 14.8. The first kappa shape index (κ1) is 18.5. The molecule has 1 amide bonds. The predicted octanol–water partition coefficient (Wildman–Crippen LogP) is 2.90. The zero-order chi connectivity index (χ0) is 16.1. The fourth-order valence-corrected chi connectivity index (χ4v) is 3.13. The van der Waals surface area contributed by atoms with Crippen molar-refractivity contribution in [3.8, 4) is 5.69 Å². The van der Waals surface area contributed by atoms with Crippen molar-refractivity contribution in [2.45, 2.75) is 32.2 Å². The molecule has 0 bridgehead atoms. The average Bonchev–Trinajstić information content (AvgIpc) is 3.11. The topological polar surface area (TPSA) is 50.2 Å². The molecule has 1 saturated heterocycles. The minimum Gasteiger partial charge on any atom is -0.335 e. The smallest absolute Gasteiger partial charge is 0.257 e. The van der Waals surface area contributed by atoms with Gasteiger partial charge >= 0.3 is 0 Å². The van der Waals surface area contributed by atoms with E-state index in [1.807, 2.05) is 41.4 Å². The normalized spacial score (nSPS) is 14.9. The monoisotopic (exact) mass is 348 g/mol. The number of benzene rings is 1. The maximum atomic E-state index is 12.9. The Morgan fingerprint density at radius 1 is 1.29 bits per heavy atom. The maximum absolute atomic E-state index is 12.9. The molecular formula is C18H25ClN4O. The molecule has 0 spiro atoms. The van der Waals surface area contributed by atoms with Gasteiger partial charge in [-0.05, 0) is 44.5 Å². The molecule has 0 aliphatic carbocycles. The van der Waals surface area contributed by atoms with Gasteiger partial charge in [-0.2, -0.15) is 5.10 Å². The third-order valence-corrected chi connectivity index (χ3v) is 4.33. The van der Waals surface area contributed by atoms with Crippen LogP contribution in [0.5, 0.6) is 0 Å². The Kier molecular flexibility index (Phi) is 6.82. The predicted molar refractivity (Wildman–Crippen MR) is 98.0 cm³/mol. The Bertz CT molecular complexity index is 637. The van der Waals surface area contributed by atoms with Crippen LogP contribution in [0.25, 0.3) is 5.69 Å². The summed E-state index contributed by atoms with van der Waals surface area (Å²) in [7, 11) is 0. The highest BCUT2D eigenvalue weighted by atomic mass is 35.5. The number of halogens is 1. The lowest BCUT2D eigenvalue weighted by Gasteiger charge is -2.34. The number of carbonyl (C=O) groups excluding carboxylic acids is 1. The zero-order valence-electron chi connectivity index (χ0n) is 14.0. The summed E-state index contributed by atoms with van der Waals surface area (Å²) in [6.07, 6.45) is 6.54. The highest BCUT2D eigenvalue weighted by Gasteiger charge is 2.26. The summed E-state index contributed by atoms with van der Waals surface area (Å²) in [5.41, 5.74) is 1.64. The molecule has 0 unspecified atom stereocenters. The van der Waals surface area contributed by atoms with E-state index in [0.717, 1.165) is 44.6 Å². The van der Waals surface area contributed by atoms with Crippen LogP contribution < -0.4 is 5.32 Å². The van der Waals surface area contributed by atoms with Gasteiger partial charge in [-0.3, -0.25) is 4.79 Å². The van der Waals surface area contributed by atoms with E-state index in [0.29, 0.717) is 11.6 Å². The molecule has 1 aromatic heterocycles. The molecule has 0 saturated carbocycles. The van der Waals surface area contributed by atoms with Gasteiger partial charge in [0, 0.05) is 18.8 Å². The van der Waals surface area contributed by atoms with Crippen LogP contribution in [0.15, 0.2) is 42.7 Å². The fraction of sp³-hybridized carbons (Fsp3) is 0.444. The van der Waals surface area contributed by atoms with Gasteiger partial charge < -0.3 is 10.2 Å². The van der Waals surface area contributed by atoms with Gasteiger partial charge in [-0.25, -0.2) is 4.68 Å². The Hall–Kier alpha value is -1.85. The summed E-state index contributed by atoms with van der Waals surface area (Å²) in [5, 5.41) is 7.71. The Morgan fingerprint density at radius 2 is 2.00 bits per heavy atom. The van der Waals surface area contributed by atoms with Crippen LogP contribution in [0, 0.1) is 0 Å². The van der Waals surface area contributed by atoms with Gasteiger partial charge in [-0.1, -0.05) is 25.1 Å². The number of carbonyl (C=O) groups is 1. The van der Waals surface area contributed by atoms with Crippen molar-refractivity contribution in [1.82, 2.24) is 20.0 Å². The second-order valence-electron chi connectivity index (χ2n) is 5.99. The first-order chi connectivity index (χ1) is 11.3. The summed E-state index contributed by atoms with van der Waals surface area (Å²) in [4.78, 5) is 15.0. The lowest BCUT2D eigenvalue weighted by atomic mass is 10.0. The number of hydrogen-bond donors (Lipinski definition) is 1. The molecule has 1 aromatic carbocycles. The highest BCUT2D eigenvalue weighted by Crippen LogP contribution is 2.17. The van der Waals surface area contributed by atoms with E-state index in [-0.39, 0.29) is 18.3 Å². The fourth-order valence-electron chi connectivity index (χ4n) is 3.13. The minimum atomic E-state index is 0. The van der Waals surface area contributed by atoms with Crippen molar-refractivity contribution < 1.29 is 4.79 Å². The number of piperidine rings is 1. The molecule has 3 rings (SSSR count). The van der Waals surface area contributed by atoms with E-state index >= 15 is 0 Å². The van der Waals surface area contributed by atoms with Crippen LogP contribution in [0.2, 0.25) is 0 Å². The number of nitrogens with zero attached hydrogens (tertiary/aromatic N) is 3. The molecular weight excluding hydrogens is 324 g/mol. The number of rotatable bonds is 5.